The van der Waals surface area contributed by atoms with Gasteiger partial charge in [0.2, 0.25) is 5.88 Å². The summed E-state index contributed by atoms with van der Waals surface area (Å²) in [6.07, 6.45) is 1.62. The molecule has 1 aromatic carbocycles. The number of hydrogen-bond acceptors (Lipinski definition) is 6. The van der Waals surface area contributed by atoms with Crippen LogP contribution in [0, 0.1) is 0 Å². The molecule has 0 radical (unpaired) electrons. The fourth-order valence-corrected chi connectivity index (χ4v) is 3.40. The van der Waals surface area contributed by atoms with Crippen LogP contribution in [-0.4, -0.2) is 55.4 Å². The number of pyridine rings is 1. The molecule has 28 heavy (non-hydrogen) atoms. The van der Waals surface area contributed by atoms with Crippen molar-refractivity contribution in [2.75, 3.05) is 38.7 Å². The summed E-state index contributed by atoms with van der Waals surface area (Å²) >= 11 is 0. The lowest BCUT2D eigenvalue weighted by atomic mass is 10.1. The van der Waals surface area contributed by atoms with Crippen molar-refractivity contribution in [3.63, 3.8) is 0 Å². The number of urea groups is 1. The van der Waals surface area contributed by atoms with E-state index in [2.05, 4.69) is 10.3 Å². The number of carbonyl (C=O) groups excluding carboxylic acids is 1. The molecule has 148 valence electrons. The van der Waals surface area contributed by atoms with E-state index in [1.54, 1.807) is 18.1 Å². The number of hydrogen-bond donors (Lipinski definition) is 2. The zero-order valence-electron chi connectivity index (χ0n) is 15.8. The number of nitrogens with one attached hydrogen (secondary N) is 1. The first-order valence-corrected chi connectivity index (χ1v) is 9.40. The predicted octanol–water partition coefficient (Wildman–Crippen LogP) is 2.48. The van der Waals surface area contributed by atoms with Crippen molar-refractivity contribution in [3.05, 3.63) is 30.3 Å². The van der Waals surface area contributed by atoms with Crippen LogP contribution < -0.4 is 25.3 Å². The summed E-state index contributed by atoms with van der Waals surface area (Å²) in [6, 6.07) is 9.19. The van der Waals surface area contributed by atoms with E-state index < -0.39 is 0 Å². The Morgan fingerprint density at radius 1 is 1.25 bits per heavy atom. The molecule has 2 amide bonds. The Morgan fingerprint density at radius 3 is 2.82 bits per heavy atom. The summed E-state index contributed by atoms with van der Waals surface area (Å²) in [6.45, 7) is 2.30. The van der Waals surface area contributed by atoms with Gasteiger partial charge in [-0.2, -0.15) is 0 Å². The molecule has 0 unspecified atom stereocenters. The first kappa shape index (κ1) is 18.4. The summed E-state index contributed by atoms with van der Waals surface area (Å²) in [5, 5.41) is 2.95. The van der Waals surface area contributed by atoms with Gasteiger partial charge in [-0.3, -0.25) is 0 Å². The van der Waals surface area contributed by atoms with Gasteiger partial charge in [0.25, 0.3) is 0 Å². The van der Waals surface area contributed by atoms with Gasteiger partial charge in [0.05, 0.1) is 12.8 Å². The van der Waals surface area contributed by atoms with Crippen LogP contribution in [0.4, 0.5) is 10.5 Å². The normalized spacial score (nSPS) is 16.6. The van der Waals surface area contributed by atoms with Gasteiger partial charge in [0.15, 0.2) is 11.5 Å². The number of ether oxygens (including phenoxy) is 3. The summed E-state index contributed by atoms with van der Waals surface area (Å²) in [5.41, 5.74) is 7.95. The van der Waals surface area contributed by atoms with E-state index in [0.717, 1.165) is 18.4 Å². The third-order valence-corrected chi connectivity index (χ3v) is 4.93. The van der Waals surface area contributed by atoms with E-state index in [1.165, 1.54) is 0 Å². The molecule has 2 aromatic rings. The van der Waals surface area contributed by atoms with Crippen molar-refractivity contribution in [3.8, 4) is 28.6 Å². The molecule has 0 saturated carbocycles. The van der Waals surface area contributed by atoms with Crippen molar-refractivity contribution in [2.24, 2.45) is 5.73 Å². The van der Waals surface area contributed by atoms with Gasteiger partial charge in [-0.15, -0.1) is 0 Å². The molecule has 3 N–H and O–H groups in total. The number of nitrogens with zero attached hydrogens (tertiary/aromatic N) is 2. The van der Waals surface area contributed by atoms with E-state index in [1.807, 2.05) is 24.3 Å². The number of carbonyl (C=O) groups is 1. The monoisotopic (exact) mass is 384 g/mol. The molecule has 8 heteroatoms. The van der Waals surface area contributed by atoms with Crippen LogP contribution >= 0.6 is 0 Å². The molecule has 1 fully saturated rings. The smallest absolute Gasteiger partial charge is 0.321 e. The minimum atomic E-state index is -0.152. The first-order chi connectivity index (χ1) is 13.6. The molecular weight excluding hydrogens is 360 g/mol. The zero-order valence-corrected chi connectivity index (χ0v) is 15.8. The van der Waals surface area contributed by atoms with Gasteiger partial charge >= 0.3 is 6.03 Å². The van der Waals surface area contributed by atoms with Crippen LogP contribution in [0.5, 0.6) is 17.4 Å². The number of aromatic nitrogens is 1. The fraction of sp³-hybridized carbons (Fsp3) is 0.400. The highest BCUT2D eigenvalue weighted by Gasteiger charge is 2.22. The molecule has 2 aliphatic heterocycles. The third kappa shape index (κ3) is 3.82. The molecule has 0 spiro atoms. The summed E-state index contributed by atoms with van der Waals surface area (Å²) in [4.78, 5) is 18.9. The third-order valence-electron chi connectivity index (χ3n) is 4.93. The largest absolute Gasteiger partial charge is 0.486 e. The lowest BCUT2D eigenvalue weighted by molar-refractivity contribution is 0.172. The number of piperidine rings is 1. The highest BCUT2D eigenvalue weighted by atomic mass is 16.6. The second kappa shape index (κ2) is 7.93. The van der Waals surface area contributed by atoms with Gasteiger partial charge < -0.3 is 30.2 Å². The van der Waals surface area contributed by atoms with Crippen LogP contribution in [0.25, 0.3) is 11.3 Å². The van der Waals surface area contributed by atoms with Crippen molar-refractivity contribution in [2.45, 2.75) is 18.9 Å². The van der Waals surface area contributed by atoms with E-state index in [4.69, 9.17) is 19.9 Å². The van der Waals surface area contributed by atoms with Gasteiger partial charge in [-0.1, -0.05) is 6.07 Å². The molecule has 8 nitrogen and oxygen atoms in total. The van der Waals surface area contributed by atoms with Crippen LogP contribution in [0.1, 0.15) is 12.8 Å². The molecular formula is C20H24N4O4. The standard InChI is InChI=1S/C20H24N4O4/c1-26-18-12-14(22-20(25)24-7-5-13(21)6-8-24)11-16(23-18)15-3-2-4-17-19(15)28-10-9-27-17/h2-4,11-13H,5-10,21H2,1H3,(H,22,23,25). The average Bonchev–Trinajstić information content (AvgIpc) is 2.73. The van der Waals surface area contributed by atoms with Crippen LogP contribution in [0.15, 0.2) is 30.3 Å². The topological polar surface area (TPSA) is 98.9 Å². The highest BCUT2D eigenvalue weighted by molar-refractivity contribution is 5.90. The molecule has 1 aromatic heterocycles. The number of methoxy groups -OCH3 is 1. The maximum absolute atomic E-state index is 12.6. The van der Waals surface area contributed by atoms with Crippen LogP contribution in [0.3, 0.4) is 0 Å². The number of likely N-dealkylation sites (tertiary alicyclic amines) is 1. The maximum atomic E-state index is 12.6. The Morgan fingerprint density at radius 2 is 2.04 bits per heavy atom. The molecule has 0 atom stereocenters. The minimum absolute atomic E-state index is 0.152. The fourth-order valence-electron chi connectivity index (χ4n) is 3.40. The number of anilines is 1. The number of benzene rings is 1. The van der Waals surface area contributed by atoms with E-state index in [-0.39, 0.29) is 12.1 Å². The lowest BCUT2D eigenvalue weighted by Gasteiger charge is -2.30. The number of para-hydroxylation sites is 1. The van der Waals surface area contributed by atoms with Crippen molar-refractivity contribution >= 4 is 11.7 Å². The SMILES string of the molecule is COc1cc(NC(=O)N2CCC(N)CC2)cc(-c2cccc3c2OCCO3)n1. The van der Waals surface area contributed by atoms with Gasteiger partial charge in [-0.05, 0) is 31.0 Å². The number of nitrogens with two attached hydrogens (primary N) is 1. The van der Waals surface area contributed by atoms with Crippen molar-refractivity contribution in [1.29, 1.82) is 0 Å². The van der Waals surface area contributed by atoms with E-state index >= 15 is 0 Å². The van der Waals surface area contributed by atoms with E-state index in [9.17, 15) is 4.79 Å². The Labute approximate surface area is 163 Å². The van der Waals surface area contributed by atoms with Crippen LogP contribution in [-0.2, 0) is 0 Å². The maximum Gasteiger partial charge on any atom is 0.321 e. The van der Waals surface area contributed by atoms with Gasteiger partial charge in [-0.25, -0.2) is 9.78 Å². The van der Waals surface area contributed by atoms with Crippen molar-refractivity contribution in [1.82, 2.24) is 9.88 Å². The number of amides is 2. The number of rotatable bonds is 3. The predicted molar refractivity (Wildman–Crippen MR) is 105 cm³/mol. The molecule has 4 rings (SSSR count). The van der Waals surface area contributed by atoms with Gasteiger partial charge in [0.1, 0.15) is 13.2 Å². The van der Waals surface area contributed by atoms with Crippen LogP contribution in [0.2, 0.25) is 0 Å². The zero-order chi connectivity index (χ0) is 19.5. The molecule has 0 aliphatic carbocycles. The Kier molecular flexibility index (Phi) is 5.21. The highest BCUT2D eigenvalue weighted by Crippen LogP contribution is 2.40. The summed E-state index contributed by atoms with van der Waals surface area (Å²) < 4.78 is 16.8. The second-order valence-electron chi connectivity index (χ2n) is 6.87. The average molecular weight is 384 g/mol. The molecule has 0 bridgehead atoms. The Bertz CT molecular complexity index is 865. The minimum Gasteiger partial charge on any atom is -0.486 e. The molecule has 1 saturated heterocycles. The lowest BCUT2D eigenvalue weighted by Crippen LogP contribution is -2.44. The molecule has 2 aliphatic rings. The van der Waals surface area contributed by atoms with Gasteiger partial charge in [0, 0.05) is 36.4 Å². The second-order valence-corrected chi connectivity index (χ2v) is 6.87. The Balaban J connectivity index is 1.61. The number of fused-ring (bicyclic) bond motifs is 1. The summed E-state index contributed by atoms with van der Waals surface area (Å²) in [7, 11) is 1.55. The molecule has 3 heterocycles. The Hall–Kier alpha value is -3.00. The summed E-state index contributed by atoms with van der Waals surface area (Å²) in [5.74, 6) is 1.74. The van der Waals surface area contributed by atoms with E-state index in [0.29, 0.717) is 55.1 Å². The van der Waals surface area contributed by atoms with Crippen molar-refractivity contribution < 1.29 is 19.0 Å². The quantitative estimate of drug-likeness (QED) is 0.844. The first-order valence-electron chi connectivity index (χ1n) is 9.40.